The number of primary amides is 1. The molecule has 9 atom stereocenters. The van der Waals surface area contributed by atoms with Crippen LogP contribution in [0.4, 0.5) is 17.6 Å². The minimum Gasteiger partial charge on any atom is -0.387 e. The second-order valence-electron chi connectivity index (χ2n) is 36.1. The van der Waals surface area contributed by atoms with Gasteiger partial charge < -0.3 is 99.1 Å². The van der Waals surface area contributed by atoms with Gasteiger partial charge in [0.2, 0.25) is 76.8 Å². The molecule has 754 valence electrons. The minimum absolute atomic E-state index is 0.0370. The van der Waals surface area contributed by atoms with Crippen LogP contribution in [0.15, 0.2) is 146 Å². The molecule has 0 spiro atoms. The molecule has 13 amide bonds. The van der Waals surface area contributed by atoms with Gasteiger partial charge in [-0.15, -0.1) is 0 Å². The Balaban J connectivity index is 0.000000446. The van der Waals surface area contributed by atoms with Crippen molar-refractivity contribution in [3.63, 3.8) is 0 Å². The number of benzene rings is 4. The number of aliphatic hydroxyl groups is 2. The first-order valence-electron chi connectivity index (χ1n) is 46.1. The fourth-order valence-electron chi connectivity index (χ4n) is 15.7. The molecule has 7 rings (SSSR count). The van der Waals surface area contributed by atoms with Crippen LogP contribution in [0.3, 0.4) is 0 Å². The van der Waals surface area contributed by atoms with E-state index in [1.807, 2.05) is 107 Å². The van der Waals surface area contributed by atoms with Gasteiger partial charge in [-0.25, -0.2) is 26.0 Å². The minimum atomic E-state index is -3.71. The number of pyridine rings is 1. The Bertz CT molecular complexity index is 5330. The summed E-state index contributed by atoms with van der Waals surface area (Å²) < 4.78 is 88.6. The second kappa shape index (κ2) is 56.2. The van der Waals surface area contributed by atoms with Crippen molar-refractivity contribution in [1.29, 1.82) is 0 Å². The lowest BCUT2D eigenvalue weighted by Gasteiger charge is -2.41. The number of sulfone groups is 1. The van der Waals surface area contributed by atoms with Crippen LogP contribution < -0.4 is 70.0 Å². The van der Waals surface area contributed by atoms with E-state index < -0.39 is 195 Å². The topological polar surface area (TPSA) is 510 Å². The van der Waals surface area contributed by atoms with Gasteiger partial charge in [0.05, 0.1) is 42.5 Å². The van der Waals surface area contributed by atoms with Crippen LogP contribution in [0.1, 0.15) is 187 Å². The molecule has 3 heterocycles. The van der Waals surface area contributed by atoms with Gasteiger partial charge in [0.15, 0.2) is 9.84 Å². The van der Waals surface area contributed by atoms with Crippen molar-refractivity contribution >= 4 is 86.6 Å². The Morgan fingerprint density at radius 1 is 0.471 bits per heavy atom. The number of amides is 13. The number of nitrogens with one attached hydrogen (secondary N) is 11. The average Bonchev–Trinajstić information content (AvgIpc) is 1.62. The lowest BCUT2D eigenvalue weighted by Crippen LogP contribution is -2.58. The number of nitrogens with two attached hydrogens (primary N) is 2. The van der Waals surface area contributed by atoms with Crippen molar-refractivity contribution in [3.8, 4) is 22.3 Å². The van der Waals surface area contributed by atoms with E-state index in [2.05, 4.69) is 70.4 Å². The maximum absolute atomic E-state index is 15.4. The molecular formula is C98H136F4N18O17S. The average molecular weight is 1950 g/mol. The van der Waals surface area contributed by atoms with Crippen molar-refractivity contribution in [2.24, 2.45) is 22.3 Å². The molecule has 7 aromatic rings. The summed E-state index contributed by atoms with van der Waals surface area (Å²) >= 11 is 0. The van der Waals surface area contributed by atoms with E-state index in [-0.39, 0.29) is 93.4 Å². The number of hydrogen-bond donors (Lipinski definition) is 15. The fourth-order valence-corrected chi connectivity index (χ4v) is 16.7. The number of aliphatic hydroxyl groups excluding tert-OH is 2. The van der Waals surface area contributed by atoms with Crippen molar-refractivity contribution in [2.45, 2.75) is 221 Å². The fraction of sp³-hybridized carbons (Fsp3) is 0.490. The normalized spacial score (nSPS) is 13.4. The number of unbranched alkanes of at least 4 members (excludes halogenated alkanes) is 4. The molecule has 0 saturated heterocycles. The Morgan fingerprint density at radius 3 is 1.33 bits per heavy atom. The molecule has 0 bridgehead atoms. The summed E-state index contributed by atoms with van der Waals surface area (Å²) in [5.41, 5.74) is 14.3. The number of carbonyl (C=O) groups is 13. The monoisotopic (exact) mass is 1940 g/mol. The Labute approximate surface area is 803 Å². The van der Waals surface area contributed by atoms with E-state index in [1.165, 1.54) is 49.9 Å². The zero-order chi connectivity index (χ0) is 102. The molecular weight excluding hydrogens is 1810 g/mol. The largest absolute Gasteiger partial charge is 0.387 e. The highest BCUT2D eigenvalue weighted by Gasteiger charge is 2.41. The van der Waals surface area contributed by atoms with Gasteiger partial charge in [-0.2, -0.15) is 0 Å². The van der Waals surface area contributed by atoms with Gasteiger partial charge in [0, 0.05) is 125 Å². The standard InChI is InChI=1S/C56H76F2N12O10.C42H60F2N6O7S/c1-34(64-48(74)27-37-18-22-61-23-19-37)51(76)65-35(2)52(77)68-45(30-47(59)73)55(80)67-44(54(79)63-25-24-62-53(78)43(66-36(3)72)15-11-12-21-60-7)20-26-70(49(75)33-71)50(56(4,5)6)46-28-39(41-29-40(57)16-17-42(41)58)32-69(46)31-38-13-9-8-10-14-38;1-6-7-8-12-15-36(48-29(2)52)41(55)47-20-23-58(56,57)22-19-46-40(54)35(45)18-21-50(38(53)28-51)39(42(3,4)5)37-24-31(33-25-32(43)16-17-34(33)44)27-49(37)26-30-13-10-9-11-14-30/h8-10,13-14,16-19,22-23,28-29,32,34-35,43-45,50,60,71H,11-12,15,20-21,24-27,30-31,33H2,1-7H3,(H2,59,73)(H,62,78)(H,63,79)(H,64,74)(H,65,76)(H,66,72)(H,67,80)(H,68,77);9-11,13-14,16-17,24-25,27,35-36,39,51H,6-8,12,15,18-23,26,28,45H2,1-5H3,(H,46,54)(H,47,55)(H,48,52)/t34-,35-,43-,44-,45-,50-;35-,36-,39-/m00/s1. The number of aromatic nitrogens is 3. The molecule has 35 nitrogen and oxygen atoms in total. The molecule has 0 fully saturated rings. The first-order chi connectivity index (χ1) is 65.3. The molecule has 138 heavy (non-hydrogen) atoms. The summed E-state index contributed by atoms with van der Waals surface area (Å²) in [7, 11) is -1.91. The quantitative estimate of drug-likeness (QED) is 0.0162. The zero-order valence-corrected chi connectivity index (χ0v) is 81.4. The molecule has 17 N–H and O–H groups in total. The summed E-state index contributed by atoms with van der Waals surface area (Å²) in [5.74, 6) is -12.4. The van der Waals surface area contributed by atoms with Crippen LogP contribution in [0.2, 0.25) is 0 Å². The summed E-state index contributed by atoms with van der Waals surface area (Å²) in [6.45, 7) is 16.7. The number of nitrogens with zero attached hydrogens (tertiary/aromatic N) is 5. The van der Waals surface area contributed by atoms with Crippen molar-refractivity contribution < 1.29 is 98.5 Å². The van der Waals surface area contributed by atoms with Crippen LogP contribution in [0.25, 0.3) is 22.3 Å². The highest BCUT2D eigenvalue weighted by molar-refractivity contribution is 7.91. The zero-order valence-electron chi connectivity index (χ0n) is 80.6. The van der Waals surface area contributed by atoms with Gasteiger partial charge in [-0.05, 0) is 154 Å². The molecule has 0 unspecified atom stereocenters. The highest BCUT2D eigenvalue weighted by Crippen LogP contribution is 2.44. The van der Waals surface area contributed by atoms with Gasteiger partial charge in [0.1, 0.15) is 72.7 Å². The van der Waals surface area contributed by atoms with Crippen LogP contribution in [-0.2, 0) is 91.7 Å². The molecule has 0 aliphatic rings. The van der Waals surface area contributed by atoms with Crippen molar-refractivity contribution in [3.05, 3.63) is 197 Å². The van der Waals surface area contributed by atoms with E-state index in [9.17, 15) is 89.7 Å². The van der Waals surface area contributed by atoms with E-state index in [1.54, 1.807) is 48.3 Å². The lowest BCUT2D eigenvalue weighted by molar-refractivity contribution is -0.140. The third-order valence-corrected chi connectivity index (χ3v) is 24.2. The molecule has 3 aromatic heterocycles. The first kappa shape index (κ1) is 114. The SMILES string of the molecule is CCCCCC[C@H](NC(C)=O)C(=O)NCCS(=O)(=O)CCNC(=O)[C@@H](N)CCN(C(=O)CO)[C@@H](c1cc(-c2cc(F)ccc2F)cn1Cc1ccccc1)C(C)(C)C.CNCCCC[C@H](NC(C)=O)C(=O)NCCNC(=O)[C@H](CCN(C(=O)CO)[C@@H](c1cc(-c2cc(F)ccc2F)cn1Cc1ccccc1)C(C)(C)C)NC(=O)[C@H](CC(N)=O)NC(=O)[C@H](C)NC(=O)[C@H](C)NC(=O)Cc1ccncc1. The Hall–Kier alpha value is -12.8. The smallest absolute Gasteiger partial charge is 0.248 e. The van der Waals surface area contributed by atoms with Crippen molar-refractivity contribution in [2.75, 3.05) is 77.6 Å². The maximum atomic E-state index is 15.4. The predicted octanol–water partition coefficient (Wildman–Crippen LogP) is 5.63. The highest BCUT2D eigenvalue weighted by atomic mass is 32.2. The van der Waals surface area contributed by atoms with Gasteiger partial charge >= 0.3 is 0 Å². The van der Waals surface area contributed by atoms with Gasteiger partial charge in [0.25, 0.3) is 0 Å². The van der Waals surface area contributed by atoms with Crippen LogP contribution >= 0.6 is 0 Å². The summed E-state index contributed by atoms with van der Waals surface area (Å²) in [6, 6.07) is 21.2. The van der Waals surface area contributed by atoms with Gasteiger partial charge in [-0.3, -0.25) is 67.3 Å². The first-order valence-corrected chi connectivity index (χ1v) is 47.9. The van der Waals surface area contributed by atoms with Crippen LogP contribution in [-0.4, -0.2) is 239 Å². The van der Waals surface area contributed by atoms with E-state index in [4.69, 9.17) is 11.5 Å². The molecule has 0 aliphatic carbocycles. The molecule has 0 saturated carbocycles. The number of hydrogen-bond acceptors (Lipinski definition) is 20. The predicted molar refractivity (Wildman–Crippen MR) is 513 cm³/mol. The molecule has 4 aromatic carbocycles. The second-order valence-corrected chi connectivity index (χ2v) is 38.4. The molecule has 0 aliphatic heterocycles. The van der Waals surface area contributed by atoms with E-state index >= 15 is 8.78 Å². The van der Waals surface area contributed by atoms with E-state index in [0.29, 0.717) is 54.9 Å². The van der Waals surface area contributed by atoms with Crippen LogP contribution in [0, 0.1) is 34.1 Å². The summed E-state index contributed by atoms with van der Waals surface area (Å²) in [6.07, 6.45) is 10.9. The molecule has 40 heteroatoms. The van der Waals surface area contributed by atoms with Crippen LogP contribution in [0.5, 0.6) is 0 Å². The number of rotatable bonds is 54. The maximum Gasteiger partial charge on any atom is 0.248 e. The van der Waals surface area contributed by atoms with E-state index in [0.717, 1.165) is 79.6 Å². The summed E-state index contributed by atoms with van der Waals surface area (Å²) in [5, 5.41) is 49.3. The van der Waals surface area contributed by atoms with Gasteiger partial charge in [-0.1, -0.05) is 135 Å². The summed E-state index contributed by atoms with van der Waals surface area (Å²) in [4.78, 5) is 177. The molecule has 0 radical (unpaired) electrons. The number of carbonyl (C=O) groups excluding carboxylic acids is 13. The third-order valence-electron chi connectivity index (χ3n) is 22.5. The number of halogens is 4. The van der Waals surface area contributed by atoms with Crippen molar-refractivity contribution in [1.82, 2.24) is 82.4 Å². The third kappa shape index (κ3) is 37.9. The Kier molecular flexibility index (Phi) is 46.4. The Morgan fingerprint density at radius 2 is 0.891 bits per heavy atom. The lowest BCUT2D eigenvalue weighted by atomic mass is 9.82.